The van der Waals surface area contributed by atoms with Gasteiger partial charge in [-0.25, -0.2) is 8.42 Å². The zero-order valence-electron chi connectivity index (χ0n) is 24.9. The van der Waals surface area contributed by atoms with E-state index >= 15 is 0 Å². The van der Waals surface area contributed by atoms with Crippen molar-refractivity contribution < 1.29 is 22.7 Å². The molecule has 0 radical (unpaired) electrons. The predicted octanol–water partition coefficient (Wildman–Crippen LogP) is 5.37. The number of nitrogens with zero attached hydrogens (tertiary/aromatic N) is 2. The Hall–Kier alpha value is -3.85. The van der Waals surface area contributed by atoms with Crippen molar-refractivity contribution in [2.24, 2.45) is 0 Å². The summed E-state index contributed by atoms with van der Waals surface area (Å²) in [7, 11) is -2.59. The lowest BCUT2D eigenvalue weighted by Crippen LogP contribution is -2.53. The van der Waals surface area contributed by atoms with Crippen molar-refractivity contribution in [3.63, 3.8) is 0 Å². The molecule has 0 aliphatic heterocycles. The molecule has 1 saturated carbocycles. The van der Waals surface area contributed by atoms with E-state index in [0.717, 1.165) is 46.7 Å². The smallest absolute Gasteiger partial charge is 0.264 e. The summed E-state index contributed by atoms with van der Waals surface area (Å²) in [5.74, 6) is -0.101. The summed E-state index contributed by atoms with van der Waals surface area (Å²) in [4.78, 5) is 29.4. The second-order valence-electron chi connectivity index (χ2n) is 10.9. The molecule has 4 rings (SSSR count). The first-order chi connectivity index (χ1) is 20.1. The summed E-state index contributed by atoms with van der Waals surface area (Å²) in [5.41, 5.74) is 3.13. The monoisotopic (exact) mass is 591 g/mol. The Morgan fingerprint density at radius 2 is 1.60 bits per heavy atom. The number of hydrogen-bond donors (Lipinski definition) is 1. The lowest BCUT2D eigenvalue weighted by molar-refractivity contribution is -0.140. The van der Waals surface area contributed by atoms with Crippen molar-refractivity contribution in [3.8, 4) is 5.75 Å². The van der Waals surface area contributed by atoms with Crippen LogP contribution >= 0.6 is 0 Å². The largest absolute Gasteiger partial charge is 0.497 e. The summed E-state index contributed by atoms with van der Waals surface area (Å²) in [6.45, 7) is 5.43. The van der Waals surface area contributed by atoms with Gasteiger partial charge < -0.3 is 15.0 Å². The molecular weight excluding hydrogens is 550 g/mol. The Morgan fingerprint density at radius 1 is 0.952 bits per heavy atom. The van der Waals surface area contributed by atoms with E-state index in [2.05, 4.69) is 5.32 Å². The molecule has 42 heavy (non-hydrogen) atoms. The van der Waals surface area contributed by atoms with Crippen LogP contribution in [0, 0.1) is 13.8 Å². The van der Waals surface area contributed by atoms with Gasteiger partial charge in [-0.1, -0.05) is 61.7 Å². The number of methoxy groups -OCH3 is 1. The molecule has 1 fully saturated rings. The molecule has 3 aromatic carbocycles. The first-order valence-electron chi connectivity index (χ1n) is 14.5. The van der Waals surface area contributed by atoms with Crippen LogP contribution in [0.1, 0.15) is 55.7 Å². The maximum atomic E-state index is 14.3. The highest BCUT2D eigenvalue weighted by Gasteiger charge is 2.34. The summed E-state index contributed by atoms with van der Waals surface area (Å²) in [6, 6.07) is 20.2. The van der Waals surface area contributed by atoms with Crippen LogP contribution in [0.5, 0.6) is 5.75 Å². The molecule has 0 spiro atoms. The van der Waals surface area contributed by atoms with Crippen molar-refractivity contribution in [3.05, 3.63) is 89.5 Å². The van der Waals surface area contributed by atoms with Crippen LogP contribution in [0.25, 0.3) is 0 Å². The van der Waals surface area contributed by atoms with Crippen LogP contribution in [-0.4, -0.2) is 50.9 Å². The van der Waals surface area contributed by atoms with Gasteiger partial charge in [0.15, 0.2) is 0 Å². The van der Waals surface area contributed by atoms with Crippen LogP contribution in [0.15, 0.2) is 77.7 Å². The van der Waals surface area contributed by atoms with E-state index in [1.54, 1.807) is 48.5 Å². The van der Waals surface area contributed by atoms with Crippen molar-refractivity contribution in [1.82, 2.24) is 10.2 Å². The average Bonchev–Trinajstić information content (AvgIpc) is 3.50. The molecular formula is C33H41N3O5S. The van der Waals surface area contributed by atoms with Crippen molar-refractivity contribution >= 4 is 27.5 Å². The third kappa shape index (κ3) is 7.31. The fourth-order valence-electron chi connectivity index (χ4n) is 5.37. The van der Waals surface area contributed by atoms with Crippen LogP contribution in [-0.2, 0) is 26.2 Å². The van der Waals surface area contributed by atoms with Gasteiger partial charge in [0.25, 0.3) is 10.0 Å². The second-order valence-corrected chi connectivity index (χ2v) is 12.7. The number of amides is 2. The molecule has 0 bridgehead atoms. The summed E-state index contributed by atoms with van der Waals surface area (Å²) in [6.07, 6.45) is 4.38. The van der Waals surface area contributed by atoms with E-state index in [9.17, 15) is 18.0 Å². The standard InChI is InChI=1S/C33H41N3O5S/c1-5-31(33(38)34-27-12-8-9-13-27)35(22-26-11-7-6-10-25(26)3)32(37)23-36(28-16-18-29(41-4)19-17-28)42(39,40)30-20-14-24(2)15-21-30/h6-7,10-11,14-21,27,31H,5,8-9,12-13,22-23H2,1-4H3,(H,34,38)/t31-/m1/s1. The number of nitrogens with one attached hydrogen (secondary N) is 1. The topological polar surface area (TPSA) is 96.0 Å². The first kappa shape index (κ1) is 31.1. The van der Waals surface area contributed by atoms with Crippen molar-refractivity contribution in [2.45, 2.75) is 76.4 Å². The summed E-state index contributed by atoms with van der Waals surface area (Å²) < 4.78 is 34.4. The SMILES string of the molecule is CC[C@H](C(=O)NC1CCCC1)N(Cc1ccccc1C)C(=O)CN(c1ccc(OC)cc1)S(=O)(=O)c1ccc(C)cc1. The fraction of sp³-hybridized carbons (Fsp3) is 0.394. The molecule has 1 N–H and O–H groups in total. The molecule has 1 aliphatic rings. The van der Waals surface area contributed by atoms with Gasteiger partial charge in [0.2, 0.25) is 11.8 Å². The van der Waals surface area contributed by atoms with E-state index in [1.165, 1.54) is 12.0 Å². The maximum absolute atomic E-state index is 14.3. The Labute approximate surface area is 249 Å². The molecule has 0 heterocycles. The number of benzene rings is 3. The number of hydrogen-bond acceptors (Lipinski definition) is 5. The highest BCUT2D eigenvalue weighted by molar-refractivity contribution is 7.92. The minimum Gasteiger partial charge on any atom is -0.497 e. The molecule has 3 aromatic rings. The molecule has 0 aromatic heterocycles. The normalized spacial score (nSPS) is 14.3. The highest BCUT2D eigenvalue weighted by atomic mass is 32.2. The Balaban J connectivity index is 1.72. The molecule has 2 amide bonds. The van der Waals surface area contributed by atoms with E-state index in [-0.39, 0.29) is 23.4 Å². The third-order valence-corrected chi connectivity index (χ3v) is 9.73. The van der Waals surface area contributed by atoms with E-state index in [4.69, 9.17) is 4.74 Å². The van der Waals surface area contributed by atoms with Gasteiger partial charge in [-0.3, -0.25) is 13.9 Å². The van der Waals surface area contributed by atoms with Crippen LogP contribution in [0.4, 0.5) is 5.69 Å². The molecule has 9 heteroatoms. The number of carbonyl (C=O) groups is 2. The van der Waals surface area contributed by atoms with E-state index < -0.39 is 28.5 Å². The number of sulfonamides is 1. The summed E-state index contributed by atoms with van der Waals surface area (Å²) >= 11 is 0. The third-order valence-electron chi connectivity index (χ3n) is 7.94. The molecule has 1 aliphatic carbocycles. The van der Waals surface area contributed by atoms with Gasteiger partial charge in [0.05, 0.1) is 17.7 Å². The number of rotatable bonds is 12. The average molecular weight is 592 g/mol. The van der Waals surface area contributed by atoms with Gasteiger partial charge in [0.1, 0.15) is 18.3 Å². The first-order valence-corrected chi connectivity index (χ1v) is 16.0. The summed E-state index contributed by atoms with van der Waals surface area (Å²) in [5, 5.41) is 3.15. The van der Waals surface area contributed by atoms with Crippen LogP contribution in [0.2, 0.25) is 0 Å². The molecule has 224 valence electrons. The molecule has 0 unspecified atom stereocenters. The van der Waals surface area contributed by atoms with Gasteiger partial charge in [-0.05, 0) is 80.6 Å². The second kappa shape index (κ2) is 13.9. The zero-order chi connectivity index (χ0) is 30.3. The maximum Gasteiger partial charge on any atom is 0.264 e. The molecule has 8 nitrogen and oxygen atoms in total. The van der Waals surface area contributed by atoms with E-state index in [1.807, 2.05) is 45.0 Å². The number of aryl methyl sites for hydroxylation is 2. The number of carbonyl (C=O) groups excluding carboxylic acids is 2. The van der Waals surface area contributed by atoms with Gasteiger partial charge in [-0.2, -0.15) is 0 Å². The Bertz CT molecular complexity index is 1470. The number of ether oxygens (including phenoxy) is 1. The van der Waals surface area contributed by atoms with Gasteiger partial charge in [0, 0.05) is 12.6 Å². The lowest BCUT2D eigenvalue weighted by Gasteiger charge is -2.34. The minimum absolute atomic E-state index is 0.0770. The van der Waals surface area contributed by atoms with Crippen molar-refractivity contribution in [2.75, 3.05) is 18.0 Å². The Kier molecular flexibility index (Phi) is 10.3. The quantitative estimate of drug-likeness (QED) is 0.305. The zero-order valence-corrected chi connectivity index (χ0v) is 25.7. The Morgan fingerprint density at radius 3 is 2.19 bits per heavy atom. The number of anilines is 1. The highest BCUT2D eigenvalue weighted by Crippen LogP contribution is 2.27. The van der Waals surface area contributed by atoms with Crippen LogP contribution in [0.3, 0.4) is 0 Å². The molecule has 0 saturated heterocycles. The van der Waals surface area contributed by atoms with Crippen molar-refractivity contribution in [1.29, 1.82) is 0 Å². The van der Waals surface area contributed by atoms with Gasteiger partial charge in [-0.15, -0.1) is 0 Å². The predicted molar refractivity (Wildman–Crippen MR) is 165 cm³/mol. The van der Waals surface area contributed by atoms with E-state index in [0.29, 0.717) is 17.9 Å². The minimum atomic E-state index is -4.13. The fourth-order valence-corrected chi connectivity index (χ4v) is 6.79. The van der Waals surface area contributed by atoms with Gasteiger partial charge >= 0.3 is 0 Å². The molecule has 1 atom stereocenters. The van der Waals surface area contributed by atoms with Crippen LogP contribution < -0.4 is 14.4 Å². The lowest BCUT2D eigenvalue weighted by atomic mass is 10.1.